The molecule has 0 unspecified atom stereocenters. The largest absolute Gasteiger partial charge is 0.480 e. The third-order valence-electron chi connectivity index (χ3n) is 5.56. The van der Waals surface area contributed by atoms with Gasteiger partial charge in [0, 0.05) is 12.5 Å². The van der Waals surface area contributed by atoms with Gasteiger partial charge < -0.3 is 9.47 Å². The molecule has 2 bridgehead atoms. The molecule has 0 heterocycles. The number of carbonyl (C=O) groups excluding carboxylic acids is 1. The minimum absolute atomic E-state index is 0.215. The standard InChI is InChI=1S/C19H21Cl3O3/c1-19(2)12-4-3-11(13(19)7-12)5-6-24-18(23)10-25-17-9-15(21)14(20)8-16(17)22/h3,8-9,12-13H,4-7,10H2,1-2H3/t12-,13-/m0/s1. The van der Waals surface area contributed by atoms with Crippen LogP contribution in [0.25, 0.3) is 0 Å². The van der Waals surface area contributed by atoms with Crippen LogP contribution in [0.1, 0.15) is 33.1 Å². The van der Waals surface area contributed by atoms with Crippen molar-refractivity contribution in [2.75, 3.05) is 13.2 Å². The maximum absolute atomic E-state index is 11.9. The van der Waals surface area contributed by atoms with E-state index in [0.717, 1.165) is 18.8 Å². The highest BCUT2D eigenvalue weighted by atomic mass is 35.5. The van der Waals surface area contributed by atoms with Gasteiger partial charge in [-0.1, -0.05) is 60.3 Å². The lowest BCUT2D eigenvalue weighted by Crippen LogP contribution is -2.48. The van der Waals surface area contributed by atoms with Gasteiger partial charge in [-0.3, -0.25) is 0 Å². The van der Waals surface area contributed by atoms with Crippen molar-refractivity contribution in [3.05, 3.63) is 38.8 Å². The van der Waals surface area contributed by atoms with E-state index in [9.17, 15) is 4.79 Å². The molecule has 1 aromatic carbocycles. The van der Waals surface area contributed by atoms with Crippen molar-refractivity contribution >= 4 is 40.8 Å². The van der Waals surface area contributed by atoms with Crippen molar-refractivity contribution in [1.29, 1.82) is 0 Å². The summed E-state index contributed by atoms with van der Waals surface area (Å²) in [5, 5.41) is 0.958. The fraction of sp³-hybridized carbons (Fsp3) is 0.526. The zero-order chi connectivity index (χ0) is 18.2. The van der Waals surface area contributed by atoms with Gasteiger partial charge in [-0.2, -0.15) is 0 Å². The Kier molecular flexibility index (Phi) is 5.57. The Morgan fingerprint density at radius 2 is 1.92 bits per heavy atom. The topological polar surface area (TPSA) is 35.5 Å². The minimum atomic E-state index is -0.427. The molecule has 3 nitrogen and oxygen atoms in total. The Hall–Kier alpha value is -0.900. The van der Waals surface area contributed by atoms with Gasteiger partial charge in [0.15, 0.2) is 6.61 Å². The summed E-state index contributed by atoms with van der Waals surface area (Å²) < 4.78 is 10.7. The van der Waals surface area contributed by atoms with E-state index in [1.807, 2.05) is 0 Å². The highest BCUT2D eigenvalue weighted by molar-refractivity contribution is 6.43. The van der Waals surface area contributed by atoms with Crippen LogP contribution in [-0.2, 0) is 9.53 Å². The monoisotopic (exact) mass is 402 g/mol. The Labute approximate surface area is 163 Å². The zero-order valence-corrected chi connectivity index (χ0v) is 16.5. The number of rotatable bonds is 6. The summed E-state index contributed by atoms with van der Waals surface area (Å²) in [7, 11) is 0. The van der Waals surface area contributed by atoms with Crippen molar-refractivity contribution in [1.82, 2.24) is 0 Å². The predicted molar refractivity (Wildman–Crippen MR) is 101 cm³/mol. The van der Waals surface area contributed by atoms with E-state index in [-0.39, 0.29) is 6.61 Å². The average molecular weight is 404 g/mol. The fourth-order valence-electron chi connectivity index (χ4n) is 3.83. The van der Waals surface area contributed by atoms with E-state index in [0.29, 0.717) is 38.8 Å². The normalized spacial score (nSPS) is 23.5. The maximum atomic E-state index is 11.9. The van der Waals surface area contributed by atoms with Gasteiger partial charge in [-0.25, -0.2) is 4.79 Å². The van der Waals surface area contributed by atoms with Crippen LogP contribution in [0.5, 0.6) is 5.75 Å². The second-order valence-corrected chi connectivity index (χ2v) is 8.50. The molecule has 2 atom stereocenters. The van der Waals surface area contributed by atoms with Crippen LogP contribution in [0.15, 0.2) is 23.8 Å². The van der Waals surface area contributed by atoms with Gasteiger partial charge >= 0.3 is 5.97 Å². The number of esters is 1. The molecule has 0 radical (unpaired) electrons. The predicted octanol–water partition coefficient (Wildman–Crippen LogP) is 5.95. The molecule has 0 amide bonds. The zero-order valence-electron chi connectivity index (χ0n) is 14.3. The summed E-state index contributed by atoms with van der Waals surface area (Å²) in [6, 6.07) is 2.97. The van der Waals surface area contributed by atoms with Crippen LogP contribution >= 0.6 is 34.8 Å². The molecule has 25 heavy (non-hydrogen) atoms. The first-order valence-electron chi connectivity index (χ1n) is 8.41. The molecule has 3 aliphatic rings. The van der Waals surface area contributed by atoms with Crippen LogP contribution in [0.4, 0.5) is 0 Å². The van der Waals surface area contributed by atoms with Crippen molar-refractivity contribution in [3.8, 4) is 5.75 Å². The molecule has 4 rings (SSSR count). The van der Waals surface area contributed by atoms with E-state index >= 15 is 0 Å². The number of hydrogen-bond acceptors (Lipinski definition) is 3. The Morgan fingerprint density at radius 3 is 2.60 bits per heavy atom. The molecule has 6 heteroatoms. The molecule has 1 saturated carbocycles. The van der Waals surface area contributed by atoms with Gasteiger partial charge in [0.2, 0.25) is 0 Å². The number of allylic oxidation sites excluding steroid dienone is 1. The number of carbonyl (C=O) groups is 1. The van der Waals surface area contributed by atoms with E-state index < -0.39 is 5.97 Å². The molecule has 0 saturated heterocycles. The van der Waals surface area contributed by atoms with Gasteiger partial charge in [0.1, 0.15) is 5.75 Å². The average Bonchev–Trinajstić information content (AvgIpc) is 2.57. The van der Waals surface area contributed by atoms with Crippen LogP contribution in [0.2, 0.25) is 15.1 Å². The fourth-order valence-corrected chi connectivity index (χ4v) is 4.42. The van der Waals surface area contributed by atoms with Gasteiger partial charge in [-0.05, 0) is 36.2 Å². The Balaban J connectivity index is 1.43. The summed E-state index contributed by atoms with van der Waals surface area (Å²) >= 11 is 17.8. The quantitative estimate of drug-likeness (QED) is 0.334. The van der Waals surface area contributed by atoms with Crippen LogP contribution in [-0.4, -0.2) is 19.2 Å². The molecular weight excluding hydrogens is 383 g/mol. The minimum Gasteiger partial charge on any atom is -0.480 e. The molecule has 3 aliphatic carbocycles. The van der Waals surface area contributed by atoms with Crippen molar-refractivity contribution in [2.45, 2.75) is 33.1 Å². The second-order valence-electron chi connectivity index (χ2n) is 7.28. The first-order valence-corrected chi connectivity index (χ1v) is 9.54. The molecule has 0 spiro atoms. The van der Waals surface area contributed by atoms with E-state index in [4.69, 9.17) is 44.3 Å². The Bertz CT molecular complexity index is 712. The first-order chi connectivity index (χ1) is 11.8. The van der Waals surface area contributed by atoms with Gasteiger partial charge in [-0.15, -0.1) is 0 Å². The third-order valence-corrected chi connectivity index (χ3v) is 6.57. The van der Waals surface area contributed by atoms with Crippen LogP contribution in [0.3, 0.4) is 0 Å². The maximum Gasteiger partial charge on any atom is 0.344 e. The lowest BCUT2D eigenvalue weighted by atomic mass is 9.48. The highest BCUT2D eigenvalue weighted by Crippen LogP contribution is 2.59. The van der Waals surface area contributed by atoms with Gasteiger partial charge in [0.25, 0.3) is 0 Å². The van der Waals surface area contributed by atoms with Crippen molar-refractivity contribution in [3.63, 3.8) is 0 Å². The molecular formula is C19H21Cl3O3. The molecule has 0 aliphatic heterocycles. The lowest BCUT2D eigenvalue weighted by molar-refractivity contribution is -0.146. The number of halogens is 3. The molecule has 0 N–H and O–H groups in total. The van der Waals surface area contributed by atoms with Crippen molar-refractivity contribution < 1.29 is 14.3 Å². The lowest BCUT2D eigenvalue weighted by Gasteiger charge is -2.56. The summed E-state index contributed by atoms with van der Waals surface area (Å²) in [6.45, 7) is 4.83. The van der Waals surface area contributed by atoms with E-state index in [1.165, 1.54) is 24.1 Å². The van der Waals surface area contributed by atoms with E-state index in [2.05, 4.69) is 19.9 Å². The summed E-state index contributed by atoms with van der Waals surface area (Å²) in [4.78, 5) is 11.9. The smallest absolute Gasteiger partial charge is 0.344 e. The number of ether oxygens (including phenoxy) is 2. The van der Waals surface area contributed by atoms with Gasteiger partial charge in [0.05, 0.1) is 21.7 Å². The first kappa shape index (κ1) is 18.9. The Morgan fingerprint density at radius 1 is 1.20 bits per heavy atom. The van der Waals surface area contributed by atoms with Crippen molar-refractivity contribution in [2.24, 2.45) is 17.3 Å². The molecule has 1 fully saturated rings. The second kappa shape index (κ2) is 7.38. The van der Waals surface area contributed by atoms with E-state index in [1.54, 1.807) is 0 Å². The third kappa shape index (κ3) is 3.94. The SMILES string of the molecule is CC1(C)[C@H]2CC=C(CCOC(=O)COc3cc(Cl)c(Cl)cc3Cl)[C@@H]1C2. The van der Waals surface area contributed by atoms with Crippen LogP contribution in [0, 0.1) is 17.3 Å². The summed E-state index contributed by atoms with van der Waals surface area (Å²) in [5.41, 5.74) is 1.82. The number of fused-ring (bicyclic) bond motifs is 1. The van der Waals surface area contributed by atoms with Crippen LogP contribution < -0.4 is 4.74 Å². The molecule has 136 valence electrons. The number of hydrogen-bond donors (Lipinski definition) is 0. The molecule has 1 aromatic rings. The number of benzene rings is 1. The molecule has 0 aromatic heterocycles. The summed E-state index contributed by atoms with van der Waals surface area (Å²) in [6.07, 6.45) is 5.53. The highest BCUT2D eigenvalue weighted by Gasteiger charge is 2.50. The summed E-state index contributed by atoms with van der Waals surface area (Å²) in [5.74, 6) is 1.33.